The molecule has 72 heavy (non-hydrogen) atoms. The van der Waals surface area contributed by atoms with E-state index in [0.29, 0.717) is 19.3 Å². The molecule has 0 aromatic heterocycles. The van der Waals surface area contributed by atoms with Gasteiger partial charge in [0, 0.05) is 6.42 Å². The molecular weight excluding hydrogens is 939 g/mol. The fraction of sp³-hybridized carbons (Fsp3) is 0.717. The maximum Gasteiger partial charge on any atom is 0.220 e. The number of rotatable bonds is 34. The Morgan fingerprint density at radius 3 is 1.53 bits per heavy atom. The molecule has 412 valence electrons. The Morgan fingerprint density at radius 1 is 0.514 bits per heavy atom. The summed E-state index contributed by atoms with van der Waals surface area (Å²) in [6.07, 6.45) is 14.6. The maximum atomic E-state index is 13.2. The van der Waals surface area contributed by atoms with Crippen molar-refractivity contribution in [2.24, 2.45) is 0 Å². The van der Waals surface area contributed by atoms with Gasteiger partial charge in [0.2, 0.25) is 5.91 Å². The summed E-state index contributed by atoms with van der Waals surface area (Å²) in [5.41, 5.74) is 0. The van der Waals surface area contributed by atoms with E-state index in [1.807, 2.05) is 12.2 Å². The minimum atomic E-state index is -1.99. The Kier molecular flexibility index (Phi) is 32.4. The fourth-order valence-corrected chi connectivity index (χ4v) is 8.12. The predicted molar refractivity (Wildman–Crippen MR) is 268 cm³/mol. The van der Waals surface area contributed by atoms with E-state index in [1.165, 1.54) is 19.3 Å². The number of hydrogen-bond donors (Lipinski definition) is 12. The first-order valence-electron chi connectivity index (χ1n) is 25.8. The summed E-state index contributed by atoms with van der Waals surface area (Å²) in [5.74, 6) is -0.350. The molecule has 3 aliphatic rings. The predicted octanol–water partition coefficient (Wildman–Crippen LogP) is 2.08. The molecule has 17 atom stereocenters. The number of hydrogen-bond acceptors (Lipinski definition) is 18. The molecule has 3 saturated heterocycles. The van der Waals surface area contributed by atoms with Crippen molar-refractivity contribution in [1.82, 2.24) is 5.32 Å². The second-order valence-electron chi connectivity index (χ2n) is 18.2. The lowest BCUT2D eigenvalue weighted by Gasteiger charge is -2.48. The molecule has 19 heteroatoms. The normalized spacial score (nSPS) is 32.7. The first-order chi connectivity index (χ1) is 34.8. The molecule has 0 bridgehead atoms. The number of aliphatic hydroxyl groups is 11. The van der Waals surface area contributed by atoms with Crippen molar-refractivity contribution in [3.63, 3.8) is 0 Å². The lowest BCUT2D eigenvalue weighted by Crippen LogP contribution is -2.66. The van der Waals surface area contributed by atoms with Crippen LogP contribution in [0, 0.1) is 0 Å². The number of aliphatic hydroxyl groups excluding tert-OH is 11. The van der Waals surface area contributed by atoms with Gasteiger partial charge in [0.05, 0.1) is 38.6 Å². The highest BCUT2D eigenvalue weighted by molar-refractivity contribution is 5.76. The molecule has 0 aromatic carbocycles. The topological polar surface area (TPSA) is 307 Å². The smallest absolute Gasteiger partial charge is 0.220 e. The van der Waals surface area contributed by atoms with Gasteiger partial charge in [-0.15, -0.1) is 0 Å². The van der Waals surface area contributed by atoms with Crippen LogP contribution in [-0.2, 0) is 33.2 Å². The van der Waals surface area contributed by atoms with Crippen molar-refractivity contribution in [2.45, 2.75) is 214 Å². The van der Waals surface area contributed by atoms with Gasteiger partial charge in [-0.1, -0.05) is 118 Å². The van der Waals surface area contributed by atoms with Crippen LogP contribution >= 0.6 is 0 Å². The van der Waals surface area contributed by atoms with Crippen LogP contribution in [0.2, 0.25) is 0 Å². The first kappa shape index (κ1) is 63.3. The van der Waals surface area contributed by atoms with Crippen LogP contribution in [0.4, 0.5) is 0 Å². The Hall–Kier alpha value is -3.03. The summed E-state index contributed by atoms with van der Waals surface area (Å²) < 4.78 is 34.0. The standard InChI is InChI=1S/C53H87NO18/c1-3-5-7-9-11-13-15-16-17-18-19-20-21-23-25-27-29-31-41(59)54-36(37(58)30-28-26-24-22-14-12-10-8-6-4-2)35-67-51-47(65)44(62)49(39(33-56)69-51)72-53-48(66)45(63)50(40(34-57)70-53)71-52-46(64)43(61)42(60)38(32-55)68-52/h5,7,11,13-14,16-17,19-20,22-23,25,28,30,36-40,42-53,55-58,60-66H,3-4,6,8-10,12,15,18,21,24,26-27,29,31-35H2,1-2H3,(H,54,59)/b7-5-,13-11-,17-16-,20-19-,22-14+,25-23-,30-28+. The van der Waals surface area contributed by atoms with Gasteiger partial charge in [-0.3, -0.25) is 4.79 Å². The van der Waals surface area contributed by atoms with Crippen molar-refractivity contribution in [1.29, 1.82) is 0 Å². The summed E-state index contributed by atoms with van der Waals surface area (Å²) in [5, 5.41) is 119. The molecule has 0 aliphatic carbocycles. The number of amides is 1. The average molecular weight is 1030 g/mol. The summed E-state index contributed by atoms with van der Waals surface area (Å²) in [7, 11) is 0. The highest BCUT2D eigenvalue weighted by atomic mass is 16.8. The molecule has 0 aromatic rings. The molecule has 1 amide bonds. The molecular formula is C53H87NO18. The zero-order chi connectivity index (χ0) is 52.7. The van der Waals surface area contributed by atoms with Gasteiger partial charge in [-0.2, -0.15) is 0 Å². The Bertz CT molecular complexity index is 1650. The molecule has 3 heterocycles. The van der Waals surface area contributed by atoms with Crippen molar-refractivity contribution >= 4 is 5.91 Å². The molecule has 17 unspecified atom stereocenters. The molecule has 3 rings (SSSR count). The molecule has 3 aliphatic heterocycles. The number of carbonyl (C=O) groups excluding carboxylic acids is 1. The SMILES string of the molecule is CC/C=C\C/C=C\C/C=C\C/C=C\C/C=C\CCCC(=O)NC(COC1OC(CO)C(OC2OC(CO)C(OC3OC(CO)C(O)C(O)C3O)C(O)C2O)C(O)C1O)C(O)/C=C/CC/C=C/CCCCCC. The monoisotopic (exact) mass is 1030 g/mol. The first-order valence-corrected chi connectivity index (χ1v) is 25.8. The molecule has 0 spiro atoms. The van der Waals surface area contributed by atoms with E-state index < -0.39 is 131 Å². The summed E-state index contributed by atoms with van der Waals surface area (Å²) in [6.45, 7) is 1.44. The van der Waals surface area contributed by atoms with E-state index in [0.717, 1.165) is 51.4 Å². The Labute approximate surface area is 425 Å². The minimum Gasteiger partial charge on any atom is -0.394 e. The third-order valence-electron chi connectivity index (χ3n) is 12.4. The van der Waals surface area contributed by atoms with Crippen molar-refractivity contribution < 1.29 is 89.4 Å². The van der Waals surface area contributed by atoms with Crippen LogP contribution in [0.5, 0.6) is 0 Å². The van der Waals surface area contributed by atoms with Gasteiger partial charge in [0.15, 0.2) is 18.9 Å². The second kappa shape index (κ2) is 36.8. The quantitative estimate of drug-likeness (QED) is 0.0324. The van der Waals surface area contributed by atoms with Crippen LogP contribution < -0.4 is 5.32 Å². The van der Waals surface area contributed by atoms with E-state index in [-0.39, 0.29) is 12.3 Å². The zero-order valence-electron chi connectivity index (χ0n) is 42.1. The lowest BCUT2D eigenvalue weighted by atomic mass is 9.96. The fourth-order valence-electron chi connectivity index (χ4n) is 8.12. The summed E-state index contributed by atoms with van der Waals surface area (Å²) in [6, 6.07) is -1.02. The van der Waals surface area contributed by atoms with Gasteiger partial charge in [0.25, 0.3) is 0 Å². The lowest BCUT2D eigenvalue weighted by molar-refractivity contribution is -0.379. The number of allylic oxidation sites excluding steroid dienone is 13. The third-order valence-corrected chi connectivity index (χ3v) is 12.4. The van der Waals surface area contributed by atoms with Crippen molar-refractivity contribution in [3.8, 4) is 0 Å². The summed E-state index contributed by atoms with van der Waals surface area (Å²) in [4.78, 5) is 13.2. The number of carbonyl (C=O) groups is 1. The van der Waals surface area contributed by atoms with E-state index in [2.05, 4.69) is 79.9 Å². The number of nitrogens with one attached hydrogen (secondary N) is 1. The maximum absolute atomic E-state index is 13.2. The number of unbranched alkanes of at least 4 members (excludes halogenated alkanes) is 6. The molecule has 3 fully saturated rings. The molecule has 12 N–H and O–H groups in total. The van der Waals surface area contributed by atoms with Crippen molar-refractivity contribution in [2.75, 3.05) is 26.4 Å². The zero-order valence-corrected chi connectivity index (χ0v) is 42.1. The molecule has 19 nitrogen and oxygen atoms in total. The van der Waals surface area contributed by atoms with Gasteiger partial charge >= 0.3 is 0 Å². The van der Waals surface area contributed by atoms with E-state index in [9.17, 15) is 61.0 Å². The van der Waals surface area contributed by atoms with Crippen LogP contribution in [-0.4, -0.2) is 193 Å². The van der Waals surface area contributed by atoms with Gasteiger partial charge < -0.3 is 89.9 Å². The molecule has 0 radical (unpaired) electrons. The highest BCUT2D eigenvalue weighted by Gasteiger charge is 2.53. The van der Waals surface area contributed by atoms with Crippen molar-refractivity contribution in [3.05, 3.63) is 85.1 Å². The van der Waals surface area contributed by atoms with Gasteiger partial charge in [-0.25, -0.2) is 0 Å². The summed E-state index contributed by atoms with van der Waals surface area (Å²) >= 11 is 0. The largest absolute Gasteiger partial charge is 0.394 e. The van der Waals surface area contributed by atoms with Crippen LogP contribution in [0.1, 0.15) is 110 Å². The molecule has 0 saturated carbocycles. The highest BCUT2D eigenvalue weighted by Crippen LogP contribution is 2.33. The van der Waals surface area contributed by atoms with Crippen LogP contribution in [0.25, 0.3) is 0 Å². The Balaban J connectivity index is 1.58. The van der Waals surface area contributed by atoms with Crippen LogP contribution in [0.15, 0.2) is 85.1 Å². The van der Waals surface area contributed by atoms with E-state index >= 15 is 0 Å². The van der Waals surface area contributed by atoms with Crippen LogP contribution in [0.3, 0.4) is 0 Å². The van der Waals surface area contributed by atoms with Gasteiger partial charge in [-0.05, 0) is 70.6 Å². The third kappa shape index (κ3) is 22.0. The van der Waals surface area contributed by atoms with E-state index in [1.54, 1.807) is 12.2 Å². The van der Waals surface area contributed by atoms with Gasteiger partial charge in [0.1, 0.15) is 73.2 Å². The minimum absolute atomic E-state index is 0.152. The van der Waals surface area contributed by atoms with E-state index in [4.69, 9.17) is 28.4 Å². The Morgan fingerprint density at radius 2 is 0.972 bits per heavy atom. The average Bonchev–Trinajstić information content (AvgIpc) is 3.37. The second-order valence-corrected chi connectivity index (χ2v) is 18.2. The number of ether oxygens (including phenoxy) is 6.